The van der Waals surface area contributed by atoms with Gasteiger partial charge >= 0.3 is 6.09 Å². The van der Waals surface area contributed by atoms with E-state index >= 15 is 0 Å². The van der Waals surface area contributed by atoms with Crippen LogP contribution in [0, 0.1) is 0 Å². The van der Waals surface area contributed by atoms with Crippen molar-refractivity contribution in [2.75, 3.05) is 0 Å². The van der Waals surface area contributed by atoms with E-state index in [9.17, 15) is 4.79 Å². The van der Waals surface area contributed by atoms with Crippen molar-refractivity contribution in [3.05, 3.63) is 11.8 Å². The highest BCUT2D eigenvalue weighted by Gasteiger charge is 1.91. The van der Waals surface area contributed by atoms with Crippen LogP contribution in [0.5, 0.6) is 0 Å². The van der Waals surface area contributed by atoms with E-state index in [0.29, 0.717) is 0 Å². The molecule has 0 aromatic heterocycles. The van der Waals surface area contributed by atoms with E-state index in [2.05, 4.69) is 16.1 Å². The topological polar surface area (TPSA) is 64.3 Å². The van der Waals surface area contributed by atoms with Crippen LogP contribution in [0.4, 0.5) is 4.79 Å². The number of amides is 1. The van der Waals surface area contributed by atoms with Crippen LogP contribution in [-0.4, -0.2) is 6.09 Å². The van der Waals surface area contributed by atoms with Gasteiger partial charge in [0.2, 0.25) is 0 Å². The molecule has 0 radical (unpaired) electrons. The number of hydrogen-bond acceptors (Lipinski definition) is 3. The lowest BCUT2D eigenvalue weighted by molar-refractivity contribution is 0.152. The zero-order valence-electron chi connectivity index (χ0n) is 5.47. The van der Waals surface area contributed by atoms with Gasteiger partial charge in [-0.2, -0.15) is 5.90 Å². The third kappa shape index (κ3) is 4.83. The van der Waals surface area contributed by atoms with E-state index < -0.39 is 6.09 Å². The molecule has 4 nitrogen and oxygen atoms in total. The molecule has 0 aliphatic carbocycles. The average Bonchev–Trinajstić information content (AvgIpc) is 1.83. The van der Waals surface area contributed by atoms with Gasteiger partial charge < -0.3 is 4.84 Å². The van der Waals surface area contributed by atoms with E-state index in [1.165, 1.54) is 6.20 Å². The molecule has 3 N–H and O–H groups in total. The quantitative estimate of drug-likeness (QED) is 0.508. The molecule has 0 aliphatic rings. The highest BCUT2D eigenvalue weighted by Crippen LogP contribution is 1.83. The molecule has 4 heteroatoms. The maximum absolute atomic E-state index is 10.2. The van der Waals surface area contributed by atoms with Crippen LogP contribution in [0.3, 0.4) is 0 Å². The number of nitrogens with one attached hydrogen (secondary N) is 1. The molecular formula is C5H10N2O2. The summed E-state index contributed by atoms with van der Waals surface area (Å²) in [6, 6.07) is 0. The lowest BCUT2D eigenvalue weighted by Crippen LogP contribution is -2.21. The minimum absolute atomic E-state index is 0.656. The molecule has 0 bridgehead atoms. The summed E-state index contributed by atoms with van der Waals surface area (Å²) in [6.45, 7) is 3.69. The SMILES string of the molecule is CC(C)=CNC(=O)ON. The molecule has 0 aromatic rings. The first kappa shape index (κ1) is 7.97. The van der Waals surface area contributed by atoms with E-state index in [0.717, 1.165) is 5.57 Å². The van der Waals surface area contributed by atoms with Crippen molar-refractivity contribution in [2.24, 2.45) is 5.90 Å². The fraction of sp³-hybridized carbons (Fsp3) is 0.400. The molecule has 52 valence electrons. The Labute approximate surface area is 53.6 Å². The second kappa shape index (κ2) is 3.91. The average molecular weight is 130 g/mol. The fourth-order valence-electron chi connectivity index (χ4n) is 0.237. The summed E-state index contributed by atoms with van der Waals surface area (Å²) in [7, 11) is 0. The monoisotopic (exact) mass is 130 g/mol. The Balaban J connectivity index is 3.50. The molecule has 0 saturated heterocycles. The van der Waals surface area contributed by atoms with E-state index in [1.807, 2.05) is 13.8 Å². The third-order valence-electron chi connectivity index (χ3n) is 0.586. The van der Waals surface area contributed by atoms with Gasteiger partial charge in [0.05, 0.1) is 0 Å². The van der Waals surface area contributed by atoms with Crippen molar-refractivity contribution in [1.82, 2.24) is 5.32 Å². The summed E-state index contributed by atoms with van der Waals surface area (Å²) in [4.78, 5) is 14.0. The van der Waals surface area contributed by atoms with Gasteiger partial charge in [-0.1, -0.05) is 5.57 Å². The van der Waals surface area contributed by atoms with Gasteiger partial charge in [-0.25, -0.2) is 4.79 Å². The van der Waals surface area contributed by atoms with Crippen LogP contribution in [0.1, 0.15) is 13.8 Å². The first-order chi connectivity index (χ1) is 4.16. The molecule has 0 unspecified atom stereocenters. The molecule has 0 aliphatic heterocycles. The van der Waals surface area contributed by atoms with Crippen LogP contribution in [0.15, 0.2) is 11.8 Å². The molecule has 0 spiro atoms. The molecule has 0 heterocycles. The predicted octanol–water partition coefficient (Wildman–Crippen LogP) is 0.510. The first-order valence-electron chi connectivity index (χ1n) is 2.47. The van der Waals surface area contributed by atoms with Crippen LogP contribution in [0.25, 0.3) is 0 Å². The van der Waals surface area contributed by atoms with Crippen LogP contribution < -0.4 is 11.2 Å². The molecule has 0 atom stereocenters. The largest absolute Gasteiger partial charge is 0.429 e. The van der Waals surface area contributed by atoms with Crippen LogP contribution >= 0.6 is 0 Å². The smallest absolute Gasteiger partial charge is 0.357 e. The Kier molecular flexibility index (Phi) is 3.46. The molecule has 0 saturated carbocycles. The van der Waals surface area contributed by atoms with Gasteiger partial charge in [-0.15, -0.1) is 0 Å². The fourth-order valence-corrected chi connectivity index (χ4v) is 0.237. The Morgan fingerprint density at radius 1 is 1.67 bits per heavy atom. The lowest BCUT2D eigenvalue weighted by atomic mass is 10.4. The number of allylic oxidation sites excluding steroid dienone is 1. The zero-order valence-corrected chi connectivity index (χ0v) is 5.47. The summed E-state index contributed by atoms with van der Waals surface area (Å²) in [6.07, 6.45) is 0.853. The second-order valence-corrected chi connectivity index (χ2v) is 1.77. The standard InChI is InChI=1S/C5H10N2O2/c1-4(2)3-7-5(8)9-6/h3H,6H2,1-2H3,(H,7,8). The van der Waals surface area contributed by atoms with E-state index in [4.69, 9.17) is 0 Å². The highest BCUT2D eigenvalue weighted by atomic mass is 16.7. The maximum atomic E-state index is 10.2. The minimum atomic E-state index is -0.656. The van der Waals surface area contributed by atoms with Gasteiger partial charge in [-0.05, 0) is 13.8 Å². The zero-order chi connectivity index (χ0) is 7.28. The predicted molar refractivity (Wildman–Crippen MR) is 33.2 cm³/mol. The van der Waals surface area contributed by atoms with Crippen molar-refractivity contribution in [2.45, 2.75) is 13.8 Å². The van der Waals surface area contributed by atoms with Gasteiger partial charge in [0.25, 0.3) is 0 Å². The summed E-state index contributed by atoms with van der Waals surface area (Å²) < 4.78 is 0. The summed E-state index contributed by atoms with van der Waals surface area (Å²) >= 11 is 0. The molecule has 0 fully saturated rings. The molecule has 1 amide bonds. The van der Waals surface area contributed by atoms with Crippen LogP contribution in [0.2, 0.25) is 0 Å². The molecule has 0 aromatic carbocycles. The second-order valence-electron chi connectivity index (χ2n) is 1.77. The van der Waals surface area contributed by atoms with E-state index in [1.54, 1.807) is 0 Å². The van der Waals surface area contributed by atoms with E-state index in [-0.39, 0.29) is 0 Å². The number of nitrogens with two attached hydrogens (primary N) is 1. The number of carbonyl (C=O) groups excluding carboxylic acids is 1. The molecular weight excluding hydrogens is 120 g/mol. The van der Waals surface area contributed by atoms with Gasteiger partial charge in [-0.3, -0.25) is 5.32 Å². The number of rotatable bonds is 1. The molecule has 9 heavy (non-hydrogen) atoms. The minimum Gasteiger partial charge on any atom is -0.357 e. The highest BCUT2D eigenvalue weighted by molar-refractivity contribution is 5.67. The van der Waals surface area contributed by atoms with Gasteiger partial charge in [0.1, 0.15) is 0 Å². The van der Waals surface area contributed by atoms with Gasteiger partial charge in [0, 0.05) is 6.20 Å². The Hall–Kier alpha value is -1.03. The summed E-state index contributed by atoms with van der Waals surface area (Å²) in [5.41, 5.74) is 0.973. The summed E-state index contributed by atoms with van der Waals surface area (Å²) in [5.74, 6) is 4.52. The lowest BCUT2D eigenvalue weighted by Gasteiger charge is -1.94. The van der Waals surface area contributed by atoms with Crippen LogP contribution in [-0.2, 0) is 4.84 Å². The van der Waals surface area contributed by atoms with Crippen molar-refractivity contribution in [1.29, 1.82) is 0 Å². The van der Waals surface area contributed by atoms with Crippen molar-refractivity contribution in [3.8, 4) is 0 Å². The summed E-state index contributed by atoms with van der Waals surface area (Å²) in [5, 5.41) is 2.28. The Bertz CT molecular complexity index is 127. The van der Waals surface area contributed by atoms with Crippen molar-refractivity contribution < 1.29 is 9.63 Å². The van der Waals surface area contributed by atoms with Crippen molar-refractivity contribution in [3.63, 3.8) is 0 Å². The molecule has 0 rings (SSSR count). The Morgan fingerprint density at radius 2 is 2.22 bits per heavy atom. The number of hydrogen-bond donors (Lipinski definition) is 2. The number of carbonyl (C=O) groups is 1. The van der Waals surface area contributed by atoms with Gasteiger partial charge in [0.15, 0.2) is 0 Å². The maximum Gasteiger partial charge on any atom is 0.429 e. The third-order valence-corrected chi connectivity index (χ3v) is 0.586. The first-order valence-corrected chi connectivity index (χ1v) is 2.47. The normalized spacial score (nSPS) is 7.89. The van der Waals surface area contributed by atoms with Crippen molar-refractivity contribution >= 4 is 6.09 Å². The Morgan fingerprint density at radius 3 is 2.56 bits per heavy atom.